The fraction of sp³-hybridized carbons (Fsp3) is 0.300. The van der Waals surface area contributed by atoms with Gasteiger partial charge in [0.25, 0.3) is 5.91 Å². The first-order chi connectivity index (χ1) is 12.5. The lowest BCUT2D eigenvalue weighted by Crippen LogP contribution is -2.39. The number of carbonyl (C=O) groups is 1. The molecule has 0 atom stereocenters. The molecule has 0 spiro atoms. The van der Waals surface area contributed by atoms with Crippen molar-refractivity contribution >= 4 is 39.9 Å². The molecule has 134 valence electrons. The number of benzene rings is 1. The molecule has 1 saturated carbocycles. The standard InChI is InChI=1S/C20H21ClN4O/c1-24-10-9-16-18(24)17(20(26)23-14-6-4-7-14)12-22-19(16)25(2)15-8-3-5-13(21)11-15/h3,5,8-12,14H,4,6-7H2,1-2H3,(H,23,26). The van der Waals surface area contributed by atoms with Gasteiger partial charge in [0.05, 0.1) is 11.1 Å². The zero-order valence-corrected chi connectivity index (χ0v) is 15.6. The van der Waals surface area contributed by atoms with Gasteiger partial charge in [-0.1, -0.05) is 17.7 Å². The Bertz CT molecular complexity index is 977. The topological polar surface area (TPSA) is 50.2 Å². The highest BCUT2D eigenvalue weighted by molar-refractivity contribution is 6.30. The van der Waals surface area contributed by atoms with Crippen molar-refractivity contribution in [1.82, 2.24) is 14.9 Å². The smallest absolute Gasteiger partial charge is 0.255 e. The zero-order valence-electron chi connectivity index (χ0n) is 14.9. The van der Waals surface area contributed by atoms with E-state index in [1.54, 1.807) is 6.20 Å². The largest absolute Gasteiger partial charge is 0.350 e. The number of rotatable bonds is 4. The Morgan fingerprint density at radius 1 is 1.35 bits per heavy atom. The molecule has 0 aliphatic heterocycles. The average Bonchev–Trinajstić information content (AvgIpc) is 2.99. The van der Waals surface area contributed by atoms with Crippen LogP contribution in [0.15, 0.2) is 42.7 Å². The fourth-order valence-corrected chi connectivity index (χ4v) is 3.54. The number of halogens is 1. The number of fused-ring (bicyclic) bond motifs is 1. The van der Waals surface area contributed by atoms with Gasteiger partial charge in [-0.05, 0) is 43.5 Å². The Morgan fingerprint density at radius 2 is 2.15 bits per heavy atom. The van der Waals surface area contributed by atoms with Gasteiger partial charge in [0.2, 0.25) is 0 Å². The van der Waals surface area contributed by atoms with Crippen LogP contribution in [0.3, 0.4) is 0 Å². The molecular formula is C20H21ClN4O. The Labute approximate surface area is 157 Å². The maximum atomic E-state index is 12.7. The van der Waals surface area contributed by atoms with E-state index in [0.29, 0.717) is 16.6 Å². The zero-order chi connectivity index (χ0) is 18.3. The second kappa shape index (κ2) is 6.65. The SMILES string of the molecule is CN(c1cccc(Cl)c1)c1ncc(C(=O)NC2CCC2)c2c1ccn2C. The minimum absolute atomic E-state index is 0.0500. The predicted molar refractivity (Wildman–Crippen MR) is 105 cm³/mol. The lowest BCUT2D eigenvalue weighted by atomic mass is 9.93. The Kier molecular flexibility index (Phi) is 4.32. The number of nitrogens with zero attached hydrogens (tertiary/aromatic N) is 3. The van der Waals surface area contributed by atoms with E-state index in [9.17, 15) is 4.79 Å². The maximum Gasteiger partial charge on any atom is 0.255 e. The molecule has 4 rings (SSSR count). The minimum Gasteiger partial charge on any atom is -0.350 e. The van der Waals surface area contributed by atoms with Crippen molar-refractivity contribution in [2.24, 2.45) is 7.05 Å². The molecule has 1 amide bonds. The number of carbonyl (C=O) groups excluding carboxylic acids is 1. The molecule has 1 N–H and O–H groups in total. The van der Waals surface area contributed by atoms with E-state index in [-0.39, 0.29) is 5.91 Å². The molecule has 3 aromatic rings. The van der Waals surface area contributed by atoms with E-state index in [4.69, 9.17) is 11.6 Å². The van der Waals surface area contributed by atoms with Gasteiger partial charge in [-0.15, -0.1) is 0 Å². The third-order valence-electron chi connectivity index (χ3n) is 5.08. The van der Waals surface area contributed by atoms with E-state index in [1.165, 1.54) is 6.42 Å². The van der Waals surface area contributed by atoms with Crippen LogP contribution < -0.4 is 10.2 Å². The molecule has 2 heterocycles. The highest BCUT2D eigenvalue weighted by atomic mass is 35.5. The number of hydrogen-bond donors (Lipinski definition) is 1. The van der Waals surface area contributed by atoms with Crippen molar-refractivity contribution < 1.29 is 4.79 Å². The number of pyridine rings is 1. The van der Waals surface area contributed by atoms with Crippen LogP contribution in [0, 0.1) is 0 Å². The van der Waals surface area contributed by atoms with Gasteiger partial charge in [0, 0.05) is 48.6 Å². The van der Waals surface area contributed by atoms with Gasteiger partial charge < -0.3 is 14.8 Å². The van der Waals surface area contributed by atoms with Gasteiger partial charge in [0.15, 0.2) is 0 Å². The van der Waals surface area contributed by atoms with Crippen LogP contribution in [0.4, 0.5) is 11.5 Å². The molecule has 1 aliphatic rings. The third kappa shape index (κ3) is 2.92. The van der Waals surface area contributed by atoms with Crippen LogP contribution in [0.1, 0.15) is 29.6 Å². The second-order valence-corrected chi connectivity index (χ2v) is 7.26. The van der Waals surface area contributed by atoms with Gasteiger partial charge in [-0.2, -0.15) is 0 Å². The van der Waals surface area contributed by atoms with Gasteiger partial charge in [-0.25, -0.2) is 4.98 Å². The van der Waals surface area contributed by atoms with E-state index in [0.717, 1.165) is 35.2 Å². The summed E-state index contributed by atoms with van der Waals surface area (Å²) < 4.78 is 1.97. The molecule has 6 heteroatoms. The number of aryl methyl sites for hydroxylation is 1. The predicted octanol–water partition coefficient (Wildman–Crippen LogP) is 4.28. The quantitative estimate of drug-likeness (QED) is 0.747. The van der Waals surface area contributed by atoms with Crippen LogP contribution in [0.25, 0.3) is 10.9 Å². The number of nitrogens with one attached hydrogen (secondary N) is 1. The van der Waals surface area contributed by atoms with Crippen molar-refractivity contribution in [1.29, 1.82) is 0 Å². The molecule has 1 fully saturated rings. The number of aromatic nitrogens is 2. The molecular weight excluding hydrogens is 348 g/mol. The summed E-state index contributed by atoms with van der Waals surface area (Å²) in [5, 5.41) is 4.72. The van der Waals surface area contributed by atoms with Crippen LogP contribution in [-0.4, -0.2) is 28.5 Å². The molecule has 1 aromatic carbocycles. The van der Waals surface area contributed by atoms with E-state index in [1.807, 2.05) is 60.1 Å². The lowest BCUT2D eigenvalue weighted by molar-refractivity contribution is 0.0918. The highest BCUT2D eigenvalue weighted by Gasteiger charge is 2.23. The van der Waals surface area contributed by atoms with Crippen LogP contribution in [0.2, 0.25) is 5.02 Å². The Hall–Kier alpha value is -2.53. The molecule has 0 saturated heterocycles. The van der Waals surface area contributed by atoms with Crippen LogP contribution in [-0.2, 0) is 7.05 Å². The van der Waals surface area contributed by atoms with Gasteiger partial charge in [0.1, 0.15) is 5.82 Å². The molecule has 2 aromatic heterocycles. The number of amides is 1. The van der Waals surface area contributed by atoms with Gasteiger partial charge in [-0.3, -0.25) is 4.79 Å². The van der Waals surface area contributed by atoms with Gasteiger partial charge >= 0.3 is 0 Å². The van der Waals surface area contributed by atoms with E-state index < -0.39 is 0 Å². The minimum atomic E-state index is -0.0500. The number of hydrogen-bond acceptors (Lipinski definition) is 3. The summed E-state index contributed by atoms with van der Waals surface area (Å²) in [5.74, 6) is 0.744. The summed E-state index contributed by atoms with van der Waals surface area (Å²) in [7, 11) is 3.90. The average molecular weight is 369 g/mol. The monoisotopic (exact) mass is 368 g/mol. The first-order valence-electron chi connectivity index (χ1n) is 8.79. The Balaban J connectivity index is 1.75. The lowest BCUT2D eigenvalue weighted by Gasteiger charge is -2.26. The van der Waals surface area contributed by atoms with Crippen molar-refractivity contribution in [2.75, 3.05) is 11.9 Å². The summed E-state index contributed by atoms with van der Waals surface area (Å²) >= 11 is 6.13. The summed E-state index contributed by atoms with van der Waals surface area (Å²) in [6.45, 7) is 0. The summed E-state index contributed by atoms with van der Waals surface area (Å²) in [5.41, 5.74) is 2.45. The van der Waals surface area contributed by atoms with Crippen molar-refractivity contribution in [3.8, 4) is 0 Å². The molecule has 0 unspecified atom stereocenters. The first kappa shape index (κ1) is 16.9. The van der Waals surface area contributed by atoms with Crippen molar-refractivity contribution in [3.05, 3.63) is 53.3 Å². The normalized spacial score (nSPS) is 14.3. The summed E-state index contributed by atoms with van der Waals surface area (Å²) in [4.78, 5) is 19.3. The summed E-state index contributed by atoms with van der Waals surface area (Å²) in [6.07, 6.45) is 6.94. The van der Waals surface area contributed by atoms with Crippen molar-refractivity contribution in [2.45, 2.75) is 25.3 Å². The highest BCUT2D eigenvalue weighted by Crippen LogP contribution is 2.32. The first-order valence-corrected chi connectivity index (χ1v) is 9.16. The molecule has 0 bridgehead atoms. The second-order valence-electron chi connectivity index (χ2n) is 6.82. The van der Waals surface area contributed by atoms with E-state index in [2.05, 4.69) is 10.3 Å². The van der Waals surface area contributed by atoms with Crippen molar-refractivity contribution in [3.63, 3.8) is 0 Å². The molecule has 0 radical (unpaired) electrons. The number of anilines is 2. The maximum absolute atomic E-state index is 12.7. The summed E-state index contributed by atoms with van der Waals surface area (Å²) in [6, 6.07) is 9.94. The van der Waals surface area contributed by atoms with Crippen LogP contribution >= 0.6 is 11.6 Å². The molecule has 1 aliphatic carbocycles. The molecule has 26 heavy (non-hydrogen) atoms. The van der Waals surface area contributed by atoms with E-state index >= 15 is 0 Å². The molecule has 5 nitrogen and oxygen atoms in total. The van der Waals surface area contributed by atoms with Crippen LogP contribution in [0.5, 0.6) is 0 Å². The fourth-order valence-electron chi connectivity index (χ4n) is 3.36. The third-order valence-corrected chi connectivity index (χ3v) is 5.32. The Morgan fingerprint density at radius 3 is 2.85 bits per heavy atom.